The molecular weight excluding hydrogens is 212 g/mol. The first-order valence-corrected chi connectivity index (χ1v) is 4.93. The van der Waals surface area contributed by atoms with Gasteiger partial charge < -0.3 is 10.4 Å². The molecule has 0 fully saturated rings. The van der Waals surface area contributed by atoms with Crippen LogP contribution in [0, 0.1) is 0 Å². The number of carbonyl (C=O) groups excluding carboxylic acids is 1. The minimum Gasteiger partial charge on any atom is -0.481 e. The molecule has 0 atom stereocenters. The SMILES string of the molecule is CC(=O)NCCn1cc(CCC(=O)O)nn1. The van der Waals surface area contributed by atoms with Gasteiger partial charge in [0.2, 0.25) is 5.91 Å². The van der Waals surface area contributed by atoms with Crippen molar-refractivity contribution in [2.45, 2.75) is 26.3 Å². The van der Waals surface area contributed by atoms with Gasteiger partial charge in [-0.05, 0) is 0 Å². The van der Waals surface area contributed by atoms with Crippen molar-refractivity contribution in [1.82, 2.24) is 20.3 Å². The zero-order valence-electron chi connectivity index (χ0n) is 9.01. The highest BCUT2D eigenvalue weighted by atomic mass is 16.4. The average Bonchev–Trinajstić information content (AvgIpc) is 2.62. The first-order valence-electron chi connectivity index (χ1n) is 4.93. The summed E-state index contributed by atoms with van der Waals surface area (Å²) < 4.78 is 1.58. The van der Waals surface area contributed by atoms with Crippen LogP contribution in [0.3, 0.4) is 0 Å². The second kappa shape index (κ2) is 5.84. The van der Waals surface area contributed by atoms with E-state index in [0.717, 1.165) is 0 Å². The second-order valence-corrected chi connectivity index (χ2v) is 3.35. The standard InChI is InChI=1S/C9H14N4O3/c1-7(14)10-4-5-13-6-8(11-12-13)2-3-9(15)16/h6H,2-5H2,1H3,(H,10,14)(H,15,16). The van der Waals surface area contributed by atoms with Crippen LogP contribution >= 0.6 is 0 Å². The molecule has 0 saturated heterocycles. The van der Waals surface area contributed by atoms with Crippen LogP contribution in [0.5, 0.6) is 0 Å². The van der Waals surface area contributed by atoms with Crippen molar-refractivity contribution in [2.24, 2.45) is 0 Å². The molecule has 7 heteroatoms. The molecule has 0 aliphatic heterocycles. The molecule has 88 valence electrons. The Labute approximate surface area is 92.4 Å². The molecule has 0 aliphatic rings. The number of carbonyl (C=O) groups is 2. The largest absolute Gasteiger partial charge is 0.481 e. The fourth-order valence-electron chi connectivity index (χ4n) is 1.14. The molecule has 7 nitrogen and oxygen atoms in total. The summed E-state index contributed by atoms with van der Waals surface area (Å²) in [5.74, 6) is -0.945. The van der Waals surface area contributed by atoms with E-state index in [9.17, 15) is 9.59 Å². The summed E-state index contributed by atoms with van der Waals surface area (Å²) in [5.41, 5.74) is 0.644. The molecule has 1 aromatic heterocycles. The van der Waals surface area contributed by atoms with Gasteiger partial charge in [0.25, 0.3) is 0 Å². The molecule has 0 unspecified atom stereocenters. The van der Waals surface area contributed by atoms with Gasteiger partial charge in [0, 0.05) is 26.1 Å². The van der Waals surface area contributed by atoms with Gasteiger partial charge in [0.05, 0.1) is 18.7 Å². The van der Waals surface area contributed by atoms with Gasteiger partial charge in [-0.2, -0.15) is 0 Å². The number of amides is 1. The Morgan fingerprint density at radius 3 is 2.94 bits per heavy atom. The highest BCUT2D eigenvalue weighted by Crippen LogP contribution is 1.97. The predicted octanol–water partition coefficient (Wildman–Crippen LogP) is -0.569. The van der Waals surface area contributed by atoms with E-state index in [1.165, 1.54) is 6.92 Å². The first-order chi connectivity index (χ1) is 7.58. The number of carboxylic acids is 1. The fraction of sp³-hybridized carbons (Fsp3) is 0.556. The maximum Gasteiger partial charge on any atom is 0.303 e. The number of aliphatic carboxylic acids is 1. The summed E-state index contributed by atoms with van der Waals surface area (Å²) in [6.45, 7) is 2.45. The van der Waals surface area contributed by atoms with Crippen molar-refractivity contribution in [3.63, 3.8) is 0 Å². The Bertz CT molecular complexity index is 375. The van der Waals surface area contributed by atoms with E-state index in [1.807, 2.05) is 0 Å². The number of nitrogens with one attached hydrogen (secondary N) is 1. The summed E-state index contributed by atoms with van der Waals surface area (Å²) in [6, 6.07) is 0. The third-order valence-corrected chi connectivity index (χ3v) is 1.90. The molecule has 0 radical (unpaired) electrons. The van der Waals surface area contributed by atoms with E-state index >= 15 is 0 Å². The van der Waals surface area contributed by atoms with E-state index in [0.29, 0.717) is 25.2 Å². The minimum absolute atomic E-state index is 0.0460. The third kappa shape index (κ3) is 4.54. The number of aromatic nitrogens is 3. The normalized spacial score (nSPS) is 10.1. The summed E-state index contributed by atoms with van der Waals surface area (Å²) >= 11 is 0. The first kappa shape index (κ1) is 12.2. The zero-order chi connectivity index (χ0) is 12.0. The van der Waals surface area contributed by atoms with E-state index in [1.54, 1.807) is 10.9 Å². The topological polar surface area (TPSA) is 97.1 Å². The van der Waals surface area contributed by atoms with Crippen molar-refractivity contribution in [3.8, 4) is 0 Å². The van der Waals surface area contributed by atoms with Gasteiger partial charge >= 0.3 is 5.97 Å². The van der Waals surface area contributed by atoms with Crippen molar-refractivity contribution in [3.05, 3.63) is 11.9 Å². The molecule has 1 rings (SSSR count). The molecular formula is C9H14N4O3. The lowest BCUT2D eigenvalue weighted by molar-refractivity contribution is -0.137. The summed E-state index contributed by atoms with van der Waals surface area (Å²) in [4.78, 5) is 20.9. The smallest absolute Gasteiger partial charge is 0.303 e. The average molecular weight is 226 g/mol. The number of nitrogens with zero attached hydrogens (tertiary/aromatic N) is 3. The highest BCUT2D eigenvalue weighted by molar-refractivity contribution is 5.72. The quantitative estimate of drug-likeness (QED) is 0.677. The summed E-state index contributed by atoms with van der Waals surface area (Å²) in [7, 11) is 0. The Morgan fingerprint density at radius 1 is 1.56 bits per heavy atom. The van der Waals surface area contributed by atoms with Gasteiger partial charge in [-0.25, -0.2) is 0 Å². The molecule has 2 N–H and O–H groups in total. The van der Waals surface area contributed by atoms with Crippen LogP contribution in [-0.4, -0.2) is 38.5 Å². The second-order valence-electron chi connectivity index (χ2n) is 3.35. The number of rotatable bonds is 6. The third-order valence-electron chi connectivity index (χ3n) is 1.90. The highest BCUT2D eigenvalue weighted by Gasteiger charge is 2.03. The number of hydrogen-bond donors (Lipinski definition) is 2. The van der Waals surface area contributed by atoms with Crippen LogP contribution in [0.2, 0.25) is 0 Å². The fourth-order valence-corrected chi connectivity index (χ4v) is 1.14. The van der Waals surface area contributed by atoms with E-state index < -0.39 is 5.97 Å². The van der Waals surface area contributed by atoms with Crippen molar-refractivity contribution in [1.29, 1.82) is 0 Å². The Kier molecular flexibility index (Phi) is 4.43. The molecule has 1 aromatic rings. The van der Waals surface area contributed by atoms with Crippen molar-refractivity contribution >= 4 is 11.9 Å². The van der Waals surface area contributed by atoms with Gasteiger partial charge in [-0.15, -0.1) is 5.10 Å². The van der Waals surface area contributed by atoms with Crippen LogP contribution in [0.4, 0.5) is 0 Å². The maximum absolute atomic E-state index is 10.6. The summed E-state index contributed by atoms with van der Waals surface area (Å²) in [5, 5.41) is 18.7. The molecule has 0 bridgehead atoms. The number of carboxylic acid groups (broad SMARTS) is 1. The van der Waals surface area contributed by atoms with Crippen LogP contribution < -0.4 is 5.32 Å². The van der Waals surface area contributed by atoms with Crippen molar-refractivity contribution < 1.29 is 14.7 Å². The molecule has 0 aliphatic carbocycles. The van der Waals surface area contributed by atoms with Crippen molar-refractivity contribution in [2.75, 3.05) is 6.54 Å². The van der Waals surface area contributed by atoms with Gasteiger partial charge in [-0.1, -0.05) is 5.21 Å². The van der Waals surface area contributed by atoms with E-state index in [2.05, 4.69) is 15.6 Å². The molecule has 0 spiro atoms. The molecule has 0 aromatic carbocycles. The van der Waals surface area contributed by atoms with Gasteiger partial charge in [-0.3, -0.25) is 14.3 Å². The lowest BCUT2D eigenvalue weighted by Crippen LogP contribution is -2.24. The minimum atomic E-state index is -0.854. The maximum atomic E-state index is 10.6. The summed E-state index contributed by atoms with van der Waals surface area (Å²) in [6.07, 6.45) is 2.10. The number of aryl methyl sites for hydroxylation is 1. The lowest BCUT2D eigenvalue weighted by atomic mass is 10.2. The molecule has 1 heterocycles. The Hall–Kier alpha value is -1.92. The van der Waals surface area contributed by atoms with Gasteiger partial charge in [0.1, 0.15) is 0 Å². The number of hydrogen-bond acceptors (Lipinski definition) is 4. The Morgan fingerprint density at radius 2 is 2.31 bits per heavy atom. The molecule has 16 heavy (non-hydrogen) atoms. The lowest BCUT2D eigenvalue weighted by Gasteiger charge is -2.00. The van der Waals surface area contributed by atoms with E-state index in [4.69, 9.17) is 5.11 Å². The Balaban J connectivity index is 2.33. The van der Waals surface area contributed by atoms with Crippen LogP contribution in [0.1, 0.15) is 19.0 Å². The van der Waals surface area contributed by atoms with E-state index in [-0.39, 0.29) is 12.3 Å². The zero-order valence-corrected chi connectivity index (χ0v) is 9.01. The monoisotopic (exact) mass is 226 g/mol. The molecule has 1 amide bonds. The predicted molar refractivity (Wildman–Crippen MR) is 54.7 cm³/mol. The molecule has 0 saturated carbocycles. The van der Waals surface area contributed by atoms with Crippen LogP contribution in [0.15, 0.2) is 6.20 Å². The van der Waals surface area contributed by atoms with Crippen LogP contribution in [0.25, 0.3) is 0 Å². The van der Waals surface area contributed by atoms with Crippen LogP contribution in [-0.2, 0) is 22.6 Å². The van der Waals surface area contributed by atoms with Gasteiger partial charge in [0.15, 0.2) is 0 Å².